The highest BCUT2D eigenvalue weighted by Crippen LogP contribution is 2.32. The van der Waals surface area contributed by atoms with E-state index in [0.29, 0.717) is 11.3 Å². The van der Waals surface area contributed by atoms with E-state index in [2.05, 4.69) is 6.07 Å². The predicted molar refractivity (Wildman–Crippen MR) is 80.9 cm³/mol. The summed E-state index contributed by atoms with van der Waals surface area (Å²) in [7, 11) is 1.68. The molecule has 5 nitrogen and oxygen atoms in total. The summed E-state index contributed by atoms with van der Waals surface area (Å²) in [6, 6.07) is 10.9. The maximum atomic E-state index is 12.3. The molecule has 1 saturated carbocycles. The highest BCUT2D eigenvalue weighted by Gasteiger charge is 2.38. The minimum atomic E-state index is -0.691. The van der Waals surface area contributed by atoms with Crippen molar-refractivity contribution >= 4 is 5.91 Å². The first-order valence-corrected chi connectivity index (χ1v) is 7.42. The summed E-state index contributed by atoms with van der Waals surface area (Å²) in [5.74, 6) is 0.336. The first kappa shape index (κ1) is 15.9. The SMILES string of the molecule is CN(C(=O)COc1ccc(C#N)cc1)C1(C#N)CCCCC1. The van der Waals surface area contributed by atoms with Crippen LogP contribution >= 0.6 is 0 Å². The van der Waals surface area contributed by atoms with E-state index in [1.807, 2.05) is 6.07 Å². The Balaban J connectivity index is 1.96. The number of likely N-dealkylation sites (N-methyl/N-ethyl adjacent to an activating group) is 1. The number of carbonyl (C=O) groups is 1. The first-order valence-electron chi connectivity index (χ1n) is 7.42. The molecule has 1 amide bonds. The Labute approximate surface area is 130 Å². The first-order chi connectivity index (χ1) is 10.6. The van der Waals surface area contributed by atoms with Crippen molar-refractivity contribution in [3.05, 3.63) is 29.8 Å². The van der Waals surface area contributed by atoms with Gasteiger partial charge >= 0.3 is 0 Å². The number of ether oxygens (including phenoxy) is 1. The standard InChI is InChI=1S/C17H19N3O2/c1-20(17(13-19)9-3-2-4-10-17)16(21)12-22-15-7-5-14(11-18)6-8-15/h5-8H,2-4,9-10,12H2,1H3. The predicted octanol–water partition coefficient (Wildman–Crippen LogP) is 2.62. The number of hydrogen-bond donors (Lipinski definition) is 0. The number of rotatable bonds is 4. The molecule has 0 saturated heterocycles. The molecule has 0 N–H and O–H groups in total. The minimum Gasteiger partial charge on any atom is -0.484 e. The van der Waals surface area contributed by atoms with Crippen LogP contribution in [0, 0.1) is 22.7 Å². The lowest BCUT2D eigenvalue weighted by molar-refractivity contribution is -0.137. The van der Waals surface area contributed by atoms with Crippen LogP contribution in [-0.2, 0) is 4.79 Å². The van der Waals surface area contributed by atoms with Gasteiger partial charge in [0, 0.05) is 7.05 Å². The third kappa shape index (κ3) is 3.38. The Morgan fingerprint density at radius 1 is 1.23 bits per heavy atom. The monoisotopic (exact) mass is 297 g/mol. The van der Waals surface area contributed by atoms with Crippen LogP contribution in [0.3, 0.4) is 0 Å². The lowest BCUT2D eigenvalue weighted by atomic mass is 9.81. The van der Waals surface area contributed by atoms with Crippen LogP contribution in [0.15, 0.2) is 24.3 Å². The van der Waals surface area contributed by atoms with Crippen LogP contribution in [0.25, 0.3) is 0 Å². The normalized spacial score (nSPS) is 16.1. The molecule has 114 valence electrons. The molecular weight excluding hydrogens is 278 g/mol. The average Bonchev–Trinajstić information content (AvgIpc) is 2.60. The number of carbonyl (C=O) groups excluding carboxylic acids is 1. The molecule has 0 bridgehead atoms. The zero-order chi connectivity index (χ0) is 16.0. The molecular formula is C17H19N3O2. The fourth-order valence-electron chi connectivity index (χ4n) is 2.77. The topological polar surface area (TPSA) is 77.1 Å². The van der Waals surface area contributed by atoms with Gasteiger partial charge in [-0.2, -0.15) is 10.5 Å². The highest BCUT2D eigenvalue weighted by atomic mass is 16.5. The van der Waals surface area contributed by atoms with Crippen LogP contribution in [-0.4, -0.2) is 30.0 Å². The Morgan fingerprint density at radius 2 is 1.86 bits per heavy atom. The minimum absolute atomic E-state index is 0.105. The molecule has 0 aromatic heterocycles. The molecule has 22 heavy (non-hydrogen) atoms. The number of nitrogens with zero attached hydrogens (tertiary/aromatic N) is 3. The molecule has 1 fully saturated rings. The van der Waals surface area contributed by atoms with Gasteiger partial charge in [-0.05, 0) is 37.1 Å². The molecule has 2 rings (SSSR count). The molecule has 0 atom stereocenters. The van der Waals surface area contributed by atoms with Crippen molar-refractivity contribution in [2.75, 3.05) is 13.7 Å². The van der Waals surface area contributed by atoms with E-state index in [1.54, 1.807) is 31.3 Å². The van der Waals surface area contributed by atoms with E-state index in [0.717, 1.165) is 32.1 Å². The van der Waals surface area contributed by atoms with Crippen LogP contribution < -0.4 is 4.74 Å². The van der Waals surface area contributed by atoms with E-state index in [1.165, 1.54) is 4.90 Å². The summed E-state index contributed by atoms with van der Waals surface area (Å²) in [5.41, 5.74) is -0.148. The number of benzene rings is 1. The Kier molecular flexibility index (Phi) is 5.01. The van der Waals surface area contributed by atoms with Gasteiger partial charge in [0.1, 0.15) is 11.3 Å². The quantitative estimate of drug-likeness (QED) is 0.856. The smallest absolute Gasteiger partial charge is 0.261 e. The van der Waals surface area contributed by atoms with Crippen molar-refractivity contribution in [2.24, 2.45) is 0 Å². The molecule has 1 aromatic carbocycles. The molecule has 0 heterocycles. The third-order valence-corrected chi connectivity index (χ3v) is 4.25. The van der Waals surface area contributed by atoms with Crippen molar-refractivity contribution in [3.63, 3.8) is 0 Å². The number of amides is 1. The lowest BCUT2D eigenvalue weighted by Gasteiger charge is -2.38. The van der Waals surface area contributed by atoms with Crippen LogP contribution in [0.1, 0.15) is 37.7 Å². The van der Waals surface area contributed by atoms with E-state index in [4.69, 9.17) is 10.00 Å². The Bertz CT molecular complexity index is 604. The van der Waals surface area contributed by atoms with E-state index in [9.17, 15) is 10.1 Å². The second-order valence-corrected chi connectivity index (χ2v) is 5.58. The molecule has 1 aliphatic carbocycles. The molecule has 1 aromatic rings. The van der Waals surface area contributed by atoms with Gasteiger partial charge in [0.2, 0.25) is 0 Å². The van der Waals surface area contributed by atoms with Gasteiger partial charge in [0.25, 0.3) is 5.91 Å². The van der Waals surface area contributed by atoms with Crippen molar-refractivity contribution in [3.8, 4) is 17.9 Å². The van der Waals surface area contributed by atoms with Crippen molar-refractivity contribution in [1.29, 1.82) is 10.5 Å². The molecule has 0 spiro atoms. The maximum absolute atomic E-state index is 12.3. The summed E-state index contributed by atoms with van der Waals surface area (Å²) < 4.78 is 5.46. The maximum Gasteiger partial charge on any atom is 0.261 e. The van der Waals surface area contributed by atoms with E-state index in [-0.39, 0.29) is 12.5 Å². The average molecular weight is 297 g/mol. The van der Waals surface area contributed by atoms with Gasteiger partial charge in [-0.15, -0.1) is 0 Å². The third-order valence-electron chi connectivity index (χ3n) is 4.25. The summed E-state index contributed by atoms with van der Waals surface area (Å²) in [5, 5.41) is 18.2. The van der Waals surface area contributed by atoms with E-state index >= 15 is 0 Å². The number of hydrogen-bond acceptors (Lipinski definition) is 4. The van der Waals surface area contributed by atoms with Crippen LogP contribution in [0.2, 0.25) is 0 Å². The fraction of sp³-hybridized carbons (Fsp3) is 0.471. The van der Waals surface area contributed by atoms with Gasteiger partial charge in [0.05, 0.1) is 17.7 Å². The second kappa shape index (κ2) is 6.95. The summed E-state index contributed by atoms with van der Waals surface area (Å²) in [6.07, 6.45) is 4.52. The largest absolute Gasteiger partial charge is 0.484 e. The lowest BCUT2D eigenvalue weighted by Crippen LogP contribution is -2.51. The zero-order valence-electron chi connectivity index (χ0n) is 12.7. The van der Waals surface area contributed by atoms with Crippen molar-refractivity contribution in [2.45, 2.75) is 37.6 Å². The summed E-state index contributed by atoms with van der Waals surface area (Å²) in [6.45, 7) is -0.105. The van der Waals surface area contributed by atoms with Crippen molar-refractivity contribution in [1.82, 2.24) is 4.90 Å². The van der Waals surface area contributed by atoms with E-state index < -0.39 is 5.54 Å². The molecule has 0 radical (unpaired) electrons. The van der Waals surface area contributed by atoms with Crippen molar-refractivity contribution < 1.29 is 9.53 Å². The number of nitriles is 2. The van der Waals surface area contributed by atoms with Crippen LogP contribution in [0.5, 0.6) is 5.75 Å². The summed E-state index contributed by atoms with van der Waals surface area (Å²) >= 11 is 0. The molecule has 1 aliphatic rings. The van der Waals surface area contributed by atoms with Gasteiger partial charge in [-0.3, -0.25) is 4.79 Å². The zero-order valence-corrected chi connectivity index (χ0v) is 12.7. The van der Waals surface area contributed by atoms with Crippen LogP contribution in [0.4, 0.5) is 0 Å². The Morgan fingerprint density at radius 3 is 2.41 bits per heavy atom. The fourth-order valence-corrected chi connectivity index (χ4v) is 2.77. The summed E-state index contributed by atoms with van der Waals surface area (Å²) in [4.78, 5) is 13.8. The van der Waals surface area contributed by atoms with Gasteiger partial charge in [0.15, 0.2) is 6.61 Å². The van der Waals surface area contributed by atoms with Gasteiger partial charge in [-0.25, -0.2) is 0 Å². The highest BCUT2D eigenvalue weighted by molar-refractivity contribution is 5.78. The van der Waals surface area contributed by atoms with Gasteiger partial charge < -0.3 is 9.64 Å². The molecule has 0 aliphatic heterocycles. The van der Waals surface area contributed by atoms with Gasteiger partial charge in [-0.1, -0.05) is 19.3 Å². The second-order valence-electron chi connectivity index (χ2n) is 5.58. The molecule has 0 unspecified atom stereocenters. The Hall–Kier alpha value is -2.53. The molecule has 5 heteroatoms.